The summed E-state index contributed by atoms with van der Waals surface area (Å²) >= 11 is 0. The number of piperidine rings is 1. The molecule has 0 aromatic heterocycles. The summed E-state index contributed by atoms with van der Waals surface area (Å²) in [5, 5.41) is 0. The molecule has 3 unspecified atom stereocenters. The van der Waals surface area contributed by atoms with Crippen LogP contribution in [-0.4, -0.2) is 29.2 Å². The van der Waals surface area contributed by atoms with Crippen LogP contribution in [0.3, 0.4) is 0 Å². The van der Waals surface area contributed by atoms with E-state index in [4.69, 9.17) is 0 Å². The number of carbonyl (C=O) groups is 2. The van der Waals surface area contributed by atoms with E-state index in [1.807, 2.05) is 4.90 Å². The molecule has 2 aliphatic heterocycles. The zero-order valence-electron chi connectivity index (χ0n) is 9.87. The topological polar surface area (TPSA) is 37.4 Å². The summed E-state index contributed by atoms with van der Waals surface area (Å²) in [6, 6.07) is 0.250. The second kappa shape index (κ2) is 3.31. The predicted molar refractivity (Wildman–Crippen MR) is 59.8 cm³/mol. The third-order valence-electron chi connectivity index (χ3n) is 5.12. The molecule has 0 aromatic carbocycles. The minimum atomic E-state index is 0.0292. The van der Waals surface area contributed by atoms with Crippen molar-refractivity contribution in [3.05, 3.63) is 0 Å². The lowest BCUT2D eigenvalue weighted by Gasteiger charge is -2.51. The van der Waals surface area contributed by atoms with E-state index in [1.165, 1.54) is 6.42 Å². The maximum atomic E-state index is 11.9. The zero-order valence-corrected chi connectivity index (χ0v) is 9.87. The molecule has 88 valence electrons. The molecule has 0 radical (unpaired) electrons. The van der Waals surface area contributed by atoms with Gasteiger partial charge >= 0.3 is 0 Å². The highest BCUT2D eigenvalue weighted by Crippen LogP contribution is 2.52. The quantitative estimate of drug-likeness (QED) is 0.676. The summed E-state index contributed by atoms with van der Waals surface area (Å²) in [5.41, 5.74) is 0.267. The Labute approximate surface area is 96.2 Å². The Hall–Kier alpha value is -0.860. The van der Waals surface area contributed by atoms with Crippen LogP contribution in [0.15, 0.2) is 0 Å². The van der Waals surface area contributed by atoms with E-state index in [0.29, 0.717) is 18.6 Å². The first-order chi connectivity index (χ1) is 7.68. The van der Waals surface area contributed by atoms with Gasteiger partial charge < -0.3 is 4.90 Å². The molecule has 3 fully saturated rings. The van der Waals surface area contributed by atoms with Gasteiger partial charge in [-0.2, -0.15) is 0 Å². The molecule has 3 rings (SSSR count). The van der Waals surface area contributed by atoms with Crippen molar-refractivity contribution in [1.82, 2.24) is 4.90 Å². The molecule has 16 heavy (non-hydrogen) atoms. The molecule has 1 saturated carbocycles. The lowest BCUT2D eigenvalue weighted by Crippen LogP contribution is -2.55. The normalized spacial score (nSPS) is 42.4. The van der Waals surface area contributed by atoms with Crippen molar-refractivity contribution in [2.75, 3.05) is 6.54 Å². The van der Waals surface area contributed by atoms with Gasteiger partial charge in [-0.3, -0.25) is 9.59 Å². The molecule has 1 amide bonds. The monoisotopic (exact) mass is 221 g/mol. The zero-order chi connectivity index (χ0) is 11.3. The molecule has 3 nitrogen and oxygen atoms in total. The molecule has 1 aliphatic carbocycles. The van der Waals surface area contributed by atoms with E-state index in [9.17, 15) is 9.59 Å². The number of carbonyl (C=O) groups excluding carboxylic acids is 2. The molecule has 2 saturated heterocycles. The fourth-order valence-corrected chi connectivity index (χ4v) is 4.24. The van der Waals surface area contributed by atoms with Crippen molar-refractivity contribution in [2.45, 2.75) is 51.5 Å². The number of rotatable bonds is 1. The average Bonchev–Trinajstić information content (AvgIpc) is 2.65. The second-order valence-corrected chi connectivity index (χ2v) is 5.63. The van der Waals surface area contributed by atoms with E-state index in [0.717, 1.165) is 25.8 Å². The summed E-state index contributed by atoms with van der Waals surface area (Å²) in [6.45, 7) is 3.11. The maximum Gasteiger partial charge on any atom is 0.223 e. The van der Waals surface area contributed by atoms with Crippen LogP contribution >= 0.6 is 0 Å². The van der Waals surface area contributed by atoms with Gasteiger partial charge in [0.25, 0.3) is 0 Å². The Morgan fingerprint density at radius 2 is 2.19 bits per heavy atom. The fraction of sp³-hybridized carbons (Fsp3) is 0.846. The molecule has 3 aliphatic rings. The van der Waals surface area contributed by atoms with Crippen molar-refractivity contribution in [1.29, 1.82) is 0 Å². The minimum absolute atomic E-state index is 0.0292. The molecule has 0 bridgehead atoms. The first-order valence-electron chi connectivity index (χ1n) is 6.50. The molecular formula is C13H19NO2. The van der Waals surface area contributed by atoms with Gasteiger partial charge in [0.15, 0.2) is 0 Å². The number of Topliss-reactive ketones (excluding diaryl/α,β-unsaturated/α-hetero) is 1. The number of ketones is 1. The summed E-state index contributed by atoms with van der Waals surface area (Å²) in [5.74, 6) is 0.594. The van der Waals surface area contributed by atoms with Crippen molar-refractivity contribution in [2.24, 2.45) is 11.3 Å². The summed E-state index contributed by atoms with van der Waals surface area (Å²) in [4.78, 5) is 25.9. The summed E-state index contributed by atoms with van der Waals surface area (Å²) in [7, 11) is 0. The van der Waals surface area contributed by atoms with Crippen molar-refractivity contribution >= 4 is 11.7 Å². The Balaban J connectivity index is 2.02. The molecule has 3 atom stereocenters. The van der Waals surface area contributed by atoms with Crippen LogP contribution in [-0.2, 0) is 9.59 Å². The van der Waals surface area contributed by atoms with Crippen molar-refractivity contribution in [3.8, 4) is 0 Å². The van der Waals surface area contributed by atoms with Gasteiger partial charge in [0.2, 0.25) is 5.91 Å². The lowest BCUT2D eigenvalue weighted by molar-refractivity contribution is -0.137. The van der Waals surface area contributed by atoms with Crippen LogP contribution in [0.5, 0.6) is 0 Å². The van der Waals surface area contributed by atoms with Gasteiger partial charge in [0.1, 0.15) is 5.78 Å². The molecule has 0 spiro atoms. The fourth-order valence-electron chi connectivity index (χ4n) is 4.24. The largest absolute Gasteiger partial charge is 0.338 e. The Morgan fingerprint density at radius 3 is 2.94 bits per heavy atom. The lowest BCUT2D eigenvalue weighted by atomic mass is 9.61. The maximum absolute atomic E-state index is 11.9. The van der Waals surface area contributed by atoms with Crippen molar-refractivity contribution in [3.63, 3.8) is 0 Å². The molecule has 0 N–H and O–H groups in total. The van der Waals surface area contributed by atoms with Gasteiger partial charge in [-0.15, -0.1) is 0 Å². The third-order valence-corrected chi connectivity index (χ3v) is 5.12. The first-order valence-corrected chi connectivity index (χ1v) is 6.50. The van der Waals surface area contributed by atoms with E-state index >= 15 is 0 Å². The molecule has 2 heterocycles. The first kappa shape index (κ1) is 10.3. The Kier molecular flexibility index (Phi) is 2.13. The predicted octanol–water partition coefficient (Wildman–Crippen LogP) is 1.76. The minimum Gasteiger partial charge on any atom is -0.338 e. The molecule has 0 aromatic rings. The highest BCUT2D eigenvalue weighted by Gasteiger charge is 2.57. The van der Waals surface area contributed by atoms with Gasteiger partial charge in [-0.05, 0) is 31.1 Å². The number of nitrogens with zero attached hydrogens (tertiary/aromatic N) is 1. The van der Waals surface area contributed by atoms with Gasteiger partial charge in [-0.25, -0.2) is 0 Å². The van der Waals surface area contributed by atoms with Crippen molar-refractivity contribution < 1.29 is 9.59 Å². The Morgan fingerprint density at radius 1 is 1.38 bits per heavy atom. The average molecular weight is 221 g/mol. The van der Waals surface area contributed by atoms with Crippen LogP contribution in [0, 0.1) is 11.3 Å². The van der Waals surface area contributed by atoms with E-state index < -0.39 is 0 Å². The van der Waals surface area contributed by atoms with Crippen LogP contribution in [0.4, 0.5) is 0 Å². The Bertz CT molecular complexity index is 352. The summed E-state index contributed by atoms with van der Waals surface area (Å²) < 4.78 is 0. The van der Waals surface area contributed by atoms with Crippen LogP contribution in [0.2, 0.25) is 0 Å². The second-order valence-electron chi connectivity index (χ2n) is 5.63. The molecular weight excluding hydrogens is 202 g/mol. The smallest absolute Gasteiger partial charge is 0.223 e. The SMILES string of the molecule is CCC12CCCN3C(=O)CC(C(=O)CC1)C32. The van der Waals surface area contributed by atoms with Gasteiger partial charge in [-0.1, -0.05) is 6.92 Å². The van der Waals surface area contributed by atoms with E-state index in [1.54, 1.807) is 0 Å². The standard InChI is InChI=1S/C13H19NO2/c1-2-13-5-3-7-14-11(16)8-9(12(13)14)10(15)4-6-13/h9,12H,2-8H2,1H3. The van der Waals surface area contributed by atoms with E-state index in [2.05, 4.69) is 6.92 Å². The van der Waals surface area contributed by atoms with Gasteiger partial charge in [0.05, 0.1) is 0 Å². The highest BCUT2D eigenvalue weighted by molar-refractivity contribution is 5.92. The van der Waals surface area contributed by atoms with Crippen LogP contribution < -0.4 is 0 Å². The number of amides is 1. The van der Waals surface area contributed by atoms with Crippen LogP contribution in [0.25, 0.3) is 0 Å². The summed E-state index contributed by atoms with van der Waals surface area (Å²) in [6.07, 6.45) is 5.65. The number of hydrogen-bond acceptors (Lipinski definition) is 2. The third kappa shape index (κ3) is 1.14. The van der Waals surface area contributed by atoms with Crippen LogP contribution in [0.1, 0.15) is 45.4 Å². The van der Waals surface area contributed by atoms with E-state index in [-0.39, 0.29) is 23.3 Å². The highest BCUT2D eigenvalue weighted by atomic mass is 16.2. The molecule has 3 heteroatoms. The number of hydrogen-bond donors (Lipinski definition) is 0. The van der Waals surface area contributed by atoms with Gasteiger partial charge in [0, 0.05) is 31.3 Å².